The number of nitrogens with zero attached hydrogens (tertiary/aromatic N) is 4. The molecule has 0 aliphatic carbocycles. The number of anilines is 6. The fraction of sp³-hybridized carbons (Fsp3) is 0.0909. The van der Waals surface area contributed by atoms with Crippen LogP contribution in [0.5, 0.6) is 0 Å². The molecule has 5 aromatic carbocycles. The minimum absolute atomic E-state index is 0.116. The van der Waals surface area contributed by atoms with Gasteiger partial charge >= 0.3 is 0 Å². The summed E-state index contributed by atoms with van der Waals surface area (Å²) in [6.07, 6.45) is 5.91. The lowest BCUT2D eigenvalue weighted by atomic mass is 9.63. The zero-order valence-electron chi connectivity index (χ0n) is 27.0. The number of benzene rings is 5. The van der Waals surface area contributed by atoms with E-state index in [9.17, 15) is 0 Å². The van der Waals surface area contributed by atoms with Crippen LogP contribution in [0.2, 0.25) is 0 Å². The van der Waals surface area contributed by atoms with E-state index in [1.165, 1.54) is 44.8 Å². The largest absolute Gasteiger partial charge is 0.308 e. The molecule has 0 saturated heterocycles. The molecule has 48 heavy (non-hydrogen) atoms. The first-order valence-corrected chi connectivity index (χ1v) is 16.5. The molecule has 0 saturated carbocycles. The van der Waals surface area contributed by atoms with Crippen LogP contribution >= 0.6 is 0 Å². The van der Waals surface area contributed by atoms with Crippen molar-refractivity contribution in [3.63, 3.8) is 0 Å². The topological polar surface area (TPSA) is 32.3 Å². The molecule has 0 atom stereocenters. The molecule has 230 valence electrons. The normalized spacial score (nSPS) is 15.1. The van der Waals surface area contributed by atoms with E-state index >= 15 is 0 Å². The molecule has 0 N–H and O–H groups in total. The van der Waals surface area contributed by atoms with Gasteiger partial charge in [0.1, 0.15) is 5.82 Å². The van der Waals surface area contributed by atoms with Crippen molar-refractivity contribution in [3.05, 3.63) is 204 Å². The Morgan fingerprint density at radius 1 is 0.438 bits per heavy atom. The highest BCUT2D eigenvalue weighted by Gasteiger charge is 2.46. The Morgan fingerprint density at radius 2 is 0.938 bits per heavy atom. The summed E-state index contributed by atoms with van der Waals surface area (Å²) >= 11 is 0. The predicted molar refractivity (Wildman–Crippen MR) is 195 cm³/mol. The van der Waals surface area contributed by atoms with Crippen LogP contribution in [-0.4, -0.2) is 9.97 Å². The van der Waals surface area contributed by atoms with Gasteiger partial charge in [0.25, 0.3) is 0 Å². The molecule has 2 aromatic heterocycles. The maximum absolute atomic E-state index is 5.21. The van der Waals surface area contributed by atoms with Gasteiger partial charge < -0.3 is 4.90 Å². The van der Waals surface area contributed by atoms with Crippen molar-refractivity contribution < 1.29 is 0 Å². The number of hydrogen-bond donors (Lipinski definition) is 0. The lowest BCUT2D eigenvalue weighted by Gasteiger charge is -2.46. The fourth-order valence-corrected chi connectivity index (χ4v) is 8.14. The van der Waals surface area contributed by atoms with Crippen LogP contribution in [0.4, 0.5) is 34.3 Å². The lowest BCUT2D eigenvalue weighted by Crippen LogP contribution is -2.38. The van der Waals surface area contributed by atoms with Crippen LogP contribution in [0.25, 0.3) is 0 Å². The van der Waals surface area contributed by atoms with Gasteiger partial charge in [0, 0.05) is 11.6 Å². The third-order valence-electron chi connectivity index (χ3n) is 10.3. The lowest BCUT2D eigenvalue weighted by molar-refractivity contribution is 0.632. The van der Waals surface area contributed by atoms with Crippen molar-refractivity contribution in [2.24, 2.45) is 0 Å². The Labute approximate surface area is 281 Å². The molecular weight excluding hydrogens is 585 g/mol. The average molecular weight is 619 g/mol. The van der Waals surface area contributed by atoms with E-state index in [0.29, 0.717) is 0 Å². The van der Waals surface area contributed by atoms with E-state index in [0.717, 1.165) is 22.9 Å². The molecule has 0 amide bonds. The van der Waals surface area contributed by atoms with Gasteiger partial charge in [-0.15, -0.1) is 0 Å². The minimum atomic E-state index is -0.540. The number of hydrogen-bond acceptors (Lipinski definition) is 4. The SMILES string of the molecule is CC1(C)c2ccccc2N(c2ccc(N3c4ccccc4C(c4ccccc4)(c4ccccc4)c4ccncc43)nc2)c2ccccc21. The van der Waals surface area contributed by atoms with Gasteiger partial charge in [0.2, 0.25) is 0 Å². The Kier molecular flexibility index (Phi) is 6.34. The van der Waals surface area contributed by atoms with E-state index in [4.69, 9.17) is 4.98 Å². The van der Waals surface area contributed by atoms with E-state index in [1.807, 2.05) is 18.6 Å². The van der Waals surface area contributed by atoms with Gasteiger partial charge in [-0.05, 0) is 69.8 Å². The van der Waals surface area contributed by atoms with Crippen LogP contribution in [-0.2, 0) is 10.8 Å². The number of fused-ring (bicyclic) bond motifs is 4. The summed E-state index contributed by atoms with van der Waals surface area (Å²) in [5.74, 6) is 0.842. The number of aromatic nitrogens is 2. The van der Waals surface area contributed by atoms with Crippen molar-refractivity contribution in [3.8, 4) is 0 Å². The smallest absolute Gasteiger partial charge is 0.137 e. The quantitative estimate of drug-likeness (QED) is 0.196. The average Bonchev–Trinajstić information content (AvgIpc) is 3.15. The van der Waals surface area contributed by atoms with Crippen LogP contribution in [0, 0.1) is 0 Å². The highest BCUT2D eigenvalue weighted by Crippen LogP contribution is 2.57. The summed E-state index contributed by atoms with van der Waals surface area (Å²) in [7, 11) is 0. The molecule has 9 rings (SSSR count). The molecule has 0 radical (unpaired) electrons. The third-order valence-corrected chi connectivity index (χ3v) is 10.3. The molecule has 4 heterocycles. The number of para-hydroxylation sites is 3. The van der Waals surface area contributed by atoms with Crippen molar-refractivity contribution in [1.29, 1.82) is 0 Å². The molecule has 2 aliphatic heterocycles. The highest BCUT2D eigenvalue weighted by atomic mass is 15.2. The van der Waals surface area contributed by atoms with Crippen LogP contribution < -0.4 is 9.80 Å². The van der Waals surface area contributed by atoms with E-state index in [-0.39, 0.29) is 5.41 Å². The number of rotatable bonds is 4. The summed E-state index contributed by atoms with van der Waals surface area (Å²) in [5, 5.41) is 0. The highest BCUT2D eigenvalue weighted by molar-refractivity contribution is 5.89. The molecular formula is C44H34N4. The standard InChI is InChI=1S/C44H34N4/c1-43(2)34-19-9-12-22-38(34)47(39-23-13-10-20-35(39)43)33-25-26-42(46-29-33)48-40-24-14-11-21-36(40)44(31-15-5-3-6-16-31,32-17-7-4-8-18-32)37-27-28-45-30-41(37)48/h3-30H,1-2H3. The molecule has 7 aromatic rings. The van der Waals surface area contributed by atoms with Gasteiger partial charge in [-0.1, -0.05) is 129 Å². The van der Waals surface area contributed by atoms with Gasteiger partial charge in [-0.2, -0.15) is 0 Å². The van der Waals surface area contributed by atoms with Crippen molar-refractivity contribution >= 4 is 34.3 Å². The maximum Gasteiger partial charge on any atom is 0.137 e. The van der Waals surface area contributed by atoms with Gasteiger partial charge in [-0.3, -0.25) is 9.88 Å². The molecule has 2 aliphatic rings. The van der Waals surface area contributed by atoms with Crippen LogP contribution in [0.1, 0.15) is 47.2 Å². The maximum atomic E-state index is 5.21. The second-order valence-electron chi connectivity index (χ2n) is 13.1. The van der Waals surface area contributed by atoms with E-state index < -0.39 is 5.41 Å². The fourth-order valence-electron chi connectivity index (χ4n) is 8.14. The van der Waals surface area contributed by atoms with Crippen molar-refractivity contribution in [2.45, 2.75) is 24.7 Å². The summed E-state index contributed by atoms with van der Waals surface area (Å²) in [6, 6.07) is 54.4. The van der Waals surface area contributed by atoms with Gasteiger partial charge in [0.05, 0.1) is 46.2 Å². The first-order valence-electron chi connectivity index (χ1n) is 16.5. The molecule has 0 unspecified atom stereocenters. The third kappa shape index (κ3) is 3.96. The minimum Gasteiger partial charge on any atom is -0.308 e. The molecule has 4 nitrogen and oxygen atoms in total. The molecule has 4 heteroatoms. The zero-order chi connectivity index (χ0) is 32.3. The zero-order valence-corrected chi connectivity index (χ0v) is 27.0. The molecule has 0 spiro atoms. The second-order valence-corrected chi connectivity index (χ2v) is 13.1. The Balaban J connectivity index is 1.23. The first-order chi connectivity index (χ1) is 23.6. The summed E-state index contributed by atoms with van der Waals surface area (Å²) in [6.45, 7) is 4.63. The van der Waals surface area contributed by atoms with Crippen LogP contribution in [0.15, 0.2) is 170 Å². The summed E-state index contributed by atoms with van der Waals surface area (Å²) in [5.41, 5.74) is 12.2. The summed E-state index contributed by atoms with van der Waals surface area (Å²) < 4.78 is 0. The van der Waals surface area contributed by atoms with Gasteiger partial charge in [-0.25, -0.2) is 4.98 Å². The van der Waals surface area contributed by atoms with E-state index in [1.54, 1.807) is 0 Å². The molecule has 0 fully saturated rings. The molecule has 0 bridgehead atoms. The Morgan fingerprint density at radius 3 is 1.50 bits per heavy atom. The first kappa shape index (κ1) is 28.2. The van der Waals surface area contributed by atoms with Crippen molar-refractivity contribution in [2.75, 3.05) is 9.80 Å². The van der Waals surface area contributed by atoms with Crippen molar-refractivity contribution in [1.82, 2.24) is 9.97 Å². The Bertz CT molecular complexity index is 2140. The monoisotopic (exact) mass is 618 g/mol. The van der Waals surface area contributed by atoms with Crippen LogP contribution in [0.3, 0.4) is 0 Å². The summed E-state index contributed by atoms with van der Waals surface area (Å²) in [4.78, 5) is 14.5. The van der Waals surface area contributed by atoms with Gasteiger partial charge in [0.15, 0.2) is 0 Å². The predicted octanol–water partition coefficient (Wildman–Crippen LogP) is 10.8. The second kappa shape index (κ2) is 10.8. The number of pyridine rings is 2. The van der Waals surface area contributed by atoms with E-state index in [2.05, 4.69) is 180 Å². The Hall–Kier alpha value is -6.00.